The molecule has 2 aromatic carbocycles. The first-order valence-electron chi connectivity index (χ1n) is 6.68. The molecule has 0 aromatic heterocycles. The summed E-state index contributed by atoms with van der Waals surface area (Å²) in [4.78, 5) is 8.68. The molecule has 0 bridgehead atoms. The Balaban J connectivity index is 2.13. The molecule has 0 spiro atoms. The van der Waals surface area contributed by atoms with Crippen molar-refractivity contribution < 1.29 is 10.2 Å². The van der Waals surface area contributed by atoms with E-state index in [0.29, 0.717) is 11.1 Å². The van der Waals surface area contributed by atoms with Crippen molar-refractivity contribution in [2.45, 2.75) is 13.8 Å². The van der Waals surface area contributed by atoms with Crippen LogP contribution in [0.5, 0.6) is 11.5 Å². The molecule has 0 fully saturated rings. The second kappa shape index (κ2) is 6.70. The molecule has 0 amide bonds. The van der Waals surface area contributed by atoms with Gasteiger partial charge in [0.05, 0.1) is 0 Å². The van der Waals surface area contributed by atoms with Gasteiger partial charge in [-0.1, -0.05) is 24.3 Å². The monoisotopic (exact) mass is 282 g/mol. The standard InChI is InChI=1S/C17H18N2O2/c1-12(14-7-3-5-9-16(14)20)18-11-19-13(2)15-8-4-6-10-17(15)21/h3-10,20-21H,11H2,1-2H3/b18-12+,19-13+. The summed E-state index contributed by atoms with van der Waals surface area (Å²) in [6.45, 7) is 3.92. The van der Waals surface area contributed by atoms with Gasteiger partial charge in [-0.25, -0.2) is 0 Å². The van der Waals surface area contributed by atoms with Gasteiger partial charge in [-0.3, -0.25) is 9.98 Å². The van der Waals surface area contributed by atoms with Crippen LogP contribution in [0.15, 0.2) is 58.5 Å². The van der Waals surface area contributed by atoms with Gasteiger partial charge in [0.15, 0.2) is 0 Å². The highest BCUT2D eigenvalue weighted by Gasteiger charge is 2.04. The number of aliphatic imine (C=N–C) groups is 2. The first-order chi connectivity index (χ1) is 10.1. The summed E-state index contributed by atoms with van der Waals surface area (Å²) >= 11 is 0. The Morgan fingerprint density at radius 2 is 1.14 bits per heavy atom. The number of para-hydroxylation sites is 2. The van der Waals surface area contributed by atoms with Gasteiger partial charge in [-0.15, -0.1) is 0 Å². The Kier molecular flexibility index (Phi) is 4.72. The van der Waals surface area contributed by atoms with E-state index in [0.717, 1.165) is 11.4 Å². The summed E-state index contributed by atoms with van der Waals surface area (Å²) < 4.78 is 0. The SMILES string of the molecule is C/C(=N\C/N=C(\C)c1ccccc1O)c1ccccc1O. The number of phenolic OH excluding ortho intramolecular Hbond substituents is 2. The first-order valence-corrected chi connectivity index (χ1v) is 6.68. The van der Waals surface area contributed by atoms with Gasteiger partial charge in [0.2, 0.25) is 0 Å². The van der Waals surface area contributed by atoms with Crippen LogP contribution < -0.4 is 0 Å². The predicted molar refractivity (Wildman–Crippen MR) is 85.5 cm³/mol. The van der Waals surface area contributed by atoms with Crippen molar-refractivity contribution in [2.75, 3.05) is 6.67 Å². The van der Waals surface area contributed by atoms with Gasteiger partial charge in [0.1, 0.15) is 18.2 Å². The fraction of sp³-hybridized carbons (Fsp3) is 0.176. The molecule has 0 saturated heterocycles. The third kappa shape index (κ3) is 3.69. The van der Waals surface area contributed by atoms with Crippen molar-refractivity contribution in [3.8, 4) is 11.5 Å². The highest BCUT2D eigenvalue weighted by molar-refractivity contribution is 6.02. The lowest BCUT2D eigenvalue weighted by Crippen LogP contribution is -1.99. The Bertz CT molecular complexity index is 631. The normalized spacial score (nSPS) is 12.5. The Morgan fingerprint density at radius 1 is 0.762 bits per heavy atom. The Morgan fingerprint density at radius 3 is 1.52 bits per heavy atom. The zero-order valence-corrected chi connectivity index (χ0v) is 12.1. The van der Waals surface area contributed by atoms with Crippen LogP contribution in [-0.4, -0.2) is 28.3 Å². The molecule has 21 heavy (non-hydrogen) atoms. The van der Waals surface area contributed by atoms with Crippen LogP contribution in [0, 0.1) is 0 Å². The summed E-state index contributed by atoms with van der Waals surface area (Å²) in [7, 11) is 0. The molecular formula is C17H18N2O2. The topological polar surface area (TPSA) is 65.2 Å². The molecule has 2 rings (SSSR count). The van der Waals surface area contributed by atoms with E-state index in [2.05, 4.69) is 9.98 Å². The predicted octanol–water partition coefficient (Wildman–Crippen LogP) is 3.37. The summed E-state index contributed by atoms with van der Waals surface area (Å²) in [5, 5.41) is 19.5. The minimum atomic E-state index is 0.208. The van der Waals surface area contributed by atoms with Gasteiger partial charge in [-0.05, 0) is 38.1 Å². The lowest BCUT2D eigenvalue weighted by molar-refractivity contribution is 0.473. The third-order valence-electron chi connectivity index (χ3n) is 3.20. The molecule has 2 N–H and O–H groups in total. The van der Waals surface area contributed by atoms with Crippen LogP contribution in [0.25, 0.3) is 0 Å². The molecule has 2 aromatic rings. The van der Waals surface area contributed by atoms with E-state index in [4.69, 9.17) is 0 Å². The second-order valence-electron chi connectivity index (χ2n) is 4.66. The number of nitrogens with zero attached hydrogens (tertiary/aromatic N) is 2. The van der Waals surface area contributed by atoms with Gasteiger partial charge >= 0.3 is 0 Å². The van der Waals surface area contributed by atoms with Gasteiger partial charge < -0.3 is 10.2 Å². The van der Waals surface area contributed by atoms with E-state index < -0.39 is 0 Å². The summed E-state index contributed by atoms with van der Waals surface area (Å²) in [6, 6.07) is 14.1. The molecular weight excluding hydrogens is 264 g/mol. The number of rotatable bonds is 4. The average Bonchev–Trinajstić information content (AvgIpc) is 2.48. The first kappa shape index (κ1) is 14.8. The highest BCUT2D eigenvalue weighted by Crippen LogP contribution is 2.17. The van der Waals surface area contributed by atoms with Gasteiger partial charge in [0, 0.05) is 22.6 Å². The van der Waals surface area contributed by atoms with Crippen LogP contribution in [0.4, 0.5) is 0 Å². The Labute approximate surface area is 124 Å². The lowest BCUT2D eigenvalue weighted by atomic mass is 10.1. The van der Waals surface area contributed by atoms with E-state index in [9.17, 15) is 10.2 Å². The molecule has 0 aliphatic carbocycles. The fourth-order valence-corrected chi connectivity index (χ4v) is 1.98. The lowest BCUT2D eigenvalue weighted by Gasteiger charge is -2.04. The second-order valence-corrected chi connectivity index (χ2v) is 4.66. The van der Waals surface area contributed by atoms with Gasteiger partial charge in [0.25, 0.3) is 0 Å². The minimum Gasteiger partial charge on any atom is -0.507 e. The van der Waals surface area contributed by atoms with Crippen molar-refractivity contribution >= 4 is 11.4 Å². The van der Waals surface area contributed by atoms with Crippen LogP contribution in [-0.2, 0) is 0 Å². The molecule has 4 nitrogen and oxygen atoms in total. The van der Waals surface area contributed by atoms with Crippen molar-refractivity contribution in [3.63, 3.8) is 0 Å². The van der Waals surface area contributed by atoms with Crippen LogP contribution in [0.3, 0.4) is 0 Å². The summed E-state index contributed by atoms with van der Waals surface area (Å²) in [6.07, 6.45) is 0. The molecule has 0 aliphatic rings. The van der Waals surface area contributed by atoms with Crippen molar-refractivity contribution in [1.29, 1.82) is 0 Å². The van der Waals surface area contributed by atoms with E-state index in [1.54, 1.807) is 24.3 Å². The maximum absolute atomic E-state index is 9.75. The molecule has 4 heteroatoms. The van der Waals surface area contributed by atoms with E-state index in [1.165, 1.54) is 0 Å². The van der Waals surface area contributed by atoms with Gasteiger partial charge in [-0.2, -0.15) is 0 Å². The number of phenols is 2. The summed E-state index contributed by atoms with van der Waals surface area (Å²) in [5.41, 5.74) is 2.85. The van der Waals surface area contributed by atoms with E-state index >= 15 is 0 Å². The van der Waals surface area contributed by atoms with E-state index in [-0.39, 0.29) is 18.2 Å². The number of hydrogen-bond donors (Lipinski definition) is 2. The number of aromatic hydroxyl groups is 2. The third-order valence-corrected chi connectivity index (χ3v) is 3.20. The molecule has 0 atom stereocenters. The smallest absolute Gasteiger partial charge is 0.129 e. The Hall–Kier alpha value is -2.62. The average molecular weight is 282 g/mol. The van der Waals surface area contributed by atoms with Crippen molar-refractivity contribution in [1.82, 2.24) is 0 Å². The van der Waals surface area contributed by atoms with Crippen LogP contribution >= 0.6 is 0 Å². The van der Waals surface area contributed by atoms with Crippen molar-refractivity contribution in [3.05, 3.63) is 59.7 Å². The molecule has 108 valence electrons. The molecule has 0 saturated carbocycles. The molecule has 0 unspecified atom stereocenters. The van der Waals surface area contributed by atoms with Crippen LogP contribution in [0.2, 0.25) is 0 Å². The summed E-state index contributed by atoms with van der Waals surface area (Å²) in [5.74, 6) is 0.417. The van der Waals surface area contributed by atoms with E-state index in [1.807, 2.05) is 38.1 Å². The number of hydrogen-bond acceptors (Lipinski definition) is 4. The molecule has 0 radical (unpaired) electrons. The quantitative estimate of drug-likeness (QED) is 0.844. The number of benzene rings is 2. The molecule has 0 aliphatic heterocycles. The maximum atomic E-state index is 9.75. The zero-order chi connectivity index (χ0) is 15.2. The maximum Gasteiger partial charge on any atom is 0.129 e. The van der Waals surface area contributed by atoms with Crippen LogP contribution in [0.1, 0.15) is 25.0 Å². The largest absolute Gasteiger partial charge is 0.507 e. The fourth-order valence-electron chi connectivity index (χ4n) is 1.98. The highest BCUT2D eigenvalue weighted by atomic mass is 16.3. The molecule has 0 heterocycles. The van der Waals surface area contributed by atoms with Crippen molar-refractivity contribution in [2.24, 2.45) is 9.98 Å². The minimum absolute atomic E-state index is 0.208. The zero-order valence-electron chi connectivity index (χ0n) is 12.1.